The third-order valence-electron chi connectivity index (χ3n) is 2.90. The van der Waals surface area contributed by atoms with Crippen molar-refractivity contribution in [1.82, 2.24) is 4.98 Å². The van der Waals surface area contributed by atoms with E-state index < -0.39 is 5.97 Å². The van der Waals surface area contributed by atoms with Gasteiger partial charge >= 0.3 is 5.97 Å². The van der Waals surface area contributed by atoms with E-state index >= 15 is 0 Å². The first-order valence-corrected chi connectivity index (χ1v) is 5.98. The summed E-state index contributed by atoms with van der Waals surface area (Å²) < 4.78 is 4.65. The van der Waals surface area contributed by atoms with Gasteiger partial charge in [0.05, 0.1) is 7.11 Å². The number of fused-ring (bicyclic) bond motifs is 1. The highest BCUT2D eigenvalue weighted by Crippen LogP contribution is 2.27. The third-order valence-corrected chi connectivity index (χ3v) is 2.90. The first-order valence-electron chi connectivity index (χ1n) is 5.98. The van der Waals surface area contributed by atoms with Crippen LogP contribution in [0.2, 0.25) is 0 Å². The van der Waals surface area contributed by atoms with Crippen LogP contribution in [0.15, 0.2) is 24.3 Å². The number of aliphatic hydroxyl groups is 1. The van der Waals surface area contributed by atoms with E-state index in [9.17, 15) is 9.90 Å². The lowest BCUT2D eigenvalue weighted by Gasteiger charge is -2.09. The molecule has 0 bridgehead atoms. The van der Waals surface area contributed by atoms with Gasteiger partial charge in [-0.2, -0.15) is 0 Å². The van der Waals surface area contributed by atoms with Crippen molar-refractivity contribution < 1.29 is 19.7 Å². The Labute approximate surface area is 110 Å². The van der Waals surface area contributed by atoms with Crippen LogP contribution in [0.25, 0.3) is 10.9 Å². The molecular weight excluding hydrogens is 246 g/mol. The summed E-state index contributed by atoms with van der Waals surface area (Å²) in [6, 6.07) is 6.71. The second kappa shape index (κ2) is 5.67. The quantitative estimate of drug-likeness (QED) is 0.818. The number of aryl methyl sites for hydroxylation is 1. The van der Waals surface area contributed by atoms with Gasteiger partial charge in [-0.3, -0.25) is 0 Å². The normalized spacial score (nSPS) is 10.6. The molecule has 1 aromatic carbocycles. The summed E-state index contributed by atoms with van der Waals surface area (Å²) in [4.78, 5) is 15.7. The Morgan fingerprint density at radius 2 is 2.21 bits per heavy atom. The summed E-state index contributed by atoms with van der Waals surface area (Å²) in [6.07, 6.45) is 1.18. The first kappa shape index (κ1) is 13.3. The minimum atomic E-state index is -0.546. The number of methoxy groups -OCH3 is 1. The predicted molar refractivity (Wildman–Crippen MR) is 70.2 cm³/mol. The molecule has 1 heterocycles. The highest BCUT2D eigenvalue weighted by atomic mass is 16.5. The van der Waals surface area contributed by atoms with E-state index in [2.05, 4.69) is 9.72 Å². The molecule has 0 fully saturated rings. The van der Waals surface area contributed by atoms with Crippen LogP contribution < -0.4 is 0 Å². The molecule has 0 spiro atoms. The van der Waals surface area contributed by atoms with Gasteiger partial charge in [0, 0.05) is 12.0 Å². The van der Waals surface area contributed by atoms with Crippen LogP contribution in [0.4, 0.5) is 0 Å². The van der Waals surface area contributed by atoms with Crippen LogP contribution in [0.5, 0.6) is 5.75 Å². The number of aromatic hydroxyl groups is 1. The van der Waals surface area contributed by atoms with Crippen molar-refractivity contribution in [2.75, 3.05) is 13.7 Å². The van der Waals surface area contributed by atoms with Gasteiger partial charge in [-0.1, -0.05) is 12.1 Å². The molecule has 0 aliphatic heterocycles. The topological polar surface area (TPSA) is 79.7 Å². The second-order valence-electron chi connectivity index (χ2n) is 4.16. The summed E-state index contributed by atoms with van der Waals surface area (Å²) in [7, 11) is 1.28. The number of para-hydroxylation sites is 1. The van der Waals surface area contributed by atoms with Crippen molar-refractivity contribution in [3.8, 4) is 5.75 Å². The van der Waals surface area contributed by atoms with Crippen molar-refractivity contribution in [1.29, 1.82) is 0 Å². The van der Waals surface area contributed by atoms with E-state index in [-0.39, 0.29) is 18.1 Å². The molecule has 2 aromatic rings. The minimum Gasteiger partial charge on any atom is -0.506 e. The summed E-state index contributed by atoms with van der Waals surface area (Å²) in [5, 5.41) is 19.5. The molecular formula is C14H15NO4. The maximum Gasteiger partial charge on any atom is 0.356 e. The molecule has 5 nitrogen and oxygen atoms in total. The van der Waals surface area contributed by atoms with Crippen molar-refractivity contribution in [2.24, 2.45) is 0 Å². The van der Waals surface area contributed by atoms with Gasteiger partial charge < -0.3 is 14.9 Å². The van der Waals surface area contributed by atoms with Gasteiger partial charge in [0.2, 0.25) is 0 Å². The molecule has 0 aliphatic carbocycles. The van der Waals surface area contributed by atoms with Crippen molar-refractivity contribution in [3.63, 3.8) is 0 Å². The van der Waals surface area contributed by atoms with Gasteiger partial charge in [0.15, 0.2) is 0 Å². The molecule has 100 valence electrons. The van der Waals surface area contributed by atoms with E-state index in [1.165, 1.54) is 13.2 Å². The molecule has 0 amide bonds. The van der Waals surface area contributed by atoms with Crippen LogP contribution in [-0.4, -0.2) is 34.9 Å². The zero-order valence-corrected chi connectivity index (χ0v) is 10.6. The molecule has 0 unspecified atom stereocenters. The number of aliphatic hydroxyl groups excluding tert-OH is 1. The fraction of sp³-hybridized carbons (Fsp3) is 0.286. The number of nitrogens with zero attached hydrogens (tertiary/aromatic N) is 1. The van der Waals surface area contributed by atoms with Gasteiger partial charge in [0.25, 0.3) is 0 Å². The van der Waals surface area contributed by atoms with Crippen LogP contribution >= 0.6 is 0 Å². The zero-order chi connectivity index (χ0) is 13.8. The van der Waals surface area contributed by atoms with E-state index in [1.54, 1.807) is 12.1 Å². The molecule has 2 rings (SSSR count). The third kappa shape index (κ3) is 2.66. The average molecular weight is 261 g/mol. The minimum absolute atomic E-state index is 0.0218. The van der Waals surface area contributed by atoms with Crippen LogP contribution in [-0.2, 0) is 11.2 Å². The monoisotopic (exact) mass is 261 g/mol. The number of esters is 1. The van der Waals surface area contributed by atoms with Crippen molar-refractivity contribution in [2.45, 2.75) is 12.8 Å². The molecule has 0 saturated carbocycles. The fourth-order valence-corrected chi connectivity index (χ4v) is 1.99. The van der Waals surface area contributed by atoms with Gasteiger partial charge in [-0.05, 0) is 30.5 Å². The van der Waals surface area contributed by atoms with Crippen LogP contribution in [0.3, 0.4) is 0 Å². The Morgan fingerprint density at radius 3 is 2.89 bits per heavy atom. The summed E-state index contributed by atoms with van der Waals surface area (Å²) in [5.41, 5.74) is 1.39. The lowest BCUT2D eigenvalue weighted by molar-refractivity contribution is 0.0594. The average Bonchev–Trinajstić information content (AvgIpc) is 2.44. The number of ether oxygens (including phenoxy) is 1. The molecule has 0 radical (unpaired) electrons. The largest absolute Gasteiger partial charge is 0.506 e. The number of phenolic OH excluding ortho intramolecular Hbond substituents is 1. The first-order chi connectivity index (χ1) is 9.17. The van der Waals surface area contributed by atoms with Crippen LogP contribution in [0.1, 0.15) is 22.5 Å². The standard InChI is InChI=1S/C14H15NO4/c1-19-14(18)11-8-9(4-3-7-16)10-5-2-6-12(17)13(10)15-11/h2,5-6,8,16-17H,3-4,7H2,1H3. The smallest absolute Gasteiger partial charge is 0.356 e. The van der Waals surface area contributed by atoms with E-state index in [0.717, 1.165) is 10.9 Å². The number of hydrogen-bond donors (Lipinski definition) is 2. The SMILES string of the molecule is COC(=O)c1cc(CCCO)c2cccc(O)c2n1. The molecule has 0 atom stereocenters. The molecule has 2 N–H and O–H groups in total. The number of pyridine rings is 1. The number of phenols is 1. The number of carbonyl (C=O) groups excluding carboxylic acids is 1. The lowest BCUT2D eigenvalue weighted by atomic mass is 10.0. The Balaban J connectivity index is 2.62. The summed E-state index contributed by atoms with van der Waals surface area (Å²) in [5.74, 6) is -0.524. The highest BCUT2D eigenvalue weighted by Gasteiger charge is 2.14. The second-order valence-corrected chi connectivity index (χ2v) is 4.16. The van der Waals surface area contributed by atoms with Crippen molar-refractivity contribution in [3.05, 3.63) is 35.5 Å². The fourth-order valence-electron chi connectivity index (χ4n) is 1.99. The molecule has 5 heteroatoms. The van der Waals surface area contributed by atoms with Gasteiger partial charge in [0.1, 0.15) is 17.0 Å². The Morgan fingerprint density at radius 1 is 1.42 bits per heavy atom. The maximum absolute atomic E-state index is 11.6. The van der Waals surface area contributed by atoms with Gasteiger partial charge in [-0.25, -0.2) is 9.78 Å². The maximum atomic E-state index is 11.6. The number of hydrogen-bond acceptors (Lipinski definition) is 5. The van der Waals surface area contributed by atoms with Crippen molar-refractivity contribution >= 4 is 16.9 Å². The van der Waals surface area contributed by atoms with E-state index in [0.29, 0.717) is 18.4 Å². The summed E-state index contributed by atoms with van der Waals surface area (Å²) >= 11 is 0. The van der Waals surface area contributed by atoms with E-state index in [1.807, 2.05) is 6.07 Å². The predicted octanol–water partition coefficient (Wildman–Crippen LogP) is 1.65. The lowest BCUT2D eigenvalue weighted by Crippen LogP contribution is -2.06. The molecule has 0 aliphatic rings. The number of carbonyl (C=O) groups is 1. The molecule has 19 heavy (non-hydrogen) atoms. The molecule has 0 saturated heterocycles. The number of benzene rings is 1. The zero-order valence-electron chi connectivity index (χ0n) is 10.6. The highest BCUT2D eigenvalue weighted by molar-refractivity contribution is 5.94. The number of rotatable bonds is 4. The van der Waals surface area contributed by atoms with Gasteiger partial charge in [-0.15, -0.1) is 0 Å². The Hall–Kier alpha value is -2.14. The Bertz CT molecular complexity index is 610. The van der Waals surface area contributed by atoms with Crippen LogP contribution in [0, 0.1) is 0 Å². The summed E-state index contributed by atoms with van der Waals surface area (Å²) in [6.45, 7) is 0.0657. The van der Waals surface area contributed by atoms with E-state index in [4.69, 9.17) is 5.11 Å². The Kier molecular flexibility index (Phi) is 3.97. The number of aromatic nitrogens is 1. The molecule has 1 aromatic heterocycles.